The van der Waals surface area contributed by atoms with Crippen molar-refractivity contribution in [1.29, 1.82) is 0 Å². The molecule has 0 aromatic rings. The first kappa shape index (κ1) is 31.4. The lowest BCUT2D eigenvalue weighted by atomic mass is 9.91. The summed E-state index contributed by atoms with van der Waals surface area (Å²) < 4.78 is 57.5. The van der Waals surface area contributed by atoms with Gasteiger partial charge in [0.25, 0.3) is 0 Å². The summed E-state index contributed by atoms with van der Waals surface area (Å²) in [4.78, 5) is 18.3. The molecule has 0 aromatic heterocycles. The normalized spacial score (nSPS) is 26.4. The Morgan fingerprint density at radius 3 is 1.53 bits per heavy atom. The van der Waals surface area contributed by atoms with Gasteiger partial charge >= 0.3 is 6.09 Å². The summed E-state index contributed by atoms with van der Waals surface area (Å²) >= 11 is 0. The average molecular weight is 545 g/mol. The fourth-order valence-electron chi connectivity index (χ4n) is 5.42. The summed E-state index contributed by atoms with van der Waals surface area (Å²) in [6.07, 6.45) is 2.33. The molecular formula is C25H45ClF4N4O2. The largest absolute Gasteiger partial charge is 0.444 e. The van der Waals surface area contributed by atoms with Crippen molar-refractivity contribution in [2.24, 2.45) is 0 Å². The van der Waals surface area contributed by atoms with E-state index in [9.17, 15) is 22.4 Å². The lowest BCUT2D eigenvalue weighted by molar-refractivity contribution is -0.0585. The zero-order valence-corrected chi connectivity index (χ0v) is 22.9. The predicted molar refractivity (Wildman–Crippen MR) is 135 cm³/mol. The van der Waals surface area contributed by atoms with Gasteiger partial charge in [-0.3, -0.25) is 9.80 Å². The number of halogens is 5. The highest BCUT2D eigenvalue weighted by Gasteiger charge is 2.38. The van der Waals surface area contributed by atoms with E-state index in [0.29, 0.717) is 44.8 Å². The maximum atomic E-state index is 13.2. The van der Waals surface area contributed by atoms with Gasteiger partial charge in [-0.15, -0.1) is 12.4 Å². The first-order valence-electron chi connectivity index (χ1n) is 13.3. The van der Waals surface area contributed by atoms with Crippen LogP contribution in [0.3, 0.4) is 0 Å². The van der Waals surface area contributed by atoms with Crippen LogP contribution in [0.15, 0.2) is 0 Å². The van der Waals surface area contributed by atoms with Crippen LogP contribution in [0.5, 0.6) is 0 Å². The van der Waals surface area contributed by atoms with E-state index in [-0.39, 0.29) is 50.2 Å². The smallest absolute Gasteiger partial charge is 0.410 e. The van der Waals surface area contributed by atoms with E-state index in [4.69, 9.17) is 4.74 Å². The van der Waals surface area contributed by atoms with Crippen LogP contribution in [0.2, 0.25) is 0 Å². The summed E-state index contributed by atoms with van der Waals surface area (Å²) in [6, 6.07) is 0.655. The number of hydrogen-bond acceptors (Lipinski definition) is 5. The Kier molecular flexibility index (Phi) is 11.6. The van der Waals surface area contributed by atoms with Gasteiger partial charge in [-0.1, -0.05) is 0 Å². The molecule has 0 atom stereocenters. The Labute approximate surface area is 219 Å². The molecule has 2 saturated carbocycles. The molecule has 0 bridgehead atoms. The van der Waals surface area contributed by atoms with Crippen molar-refractivity contribution in [3.05, 3.63) is 0 Å². The van der Waals surface area contributed by atoms with Gasteiger partial charge in [0, 0.05) is 90.1 Å². The van der Waals surface area contributed by atoms with E-state index in [2.05, 4.69) is 15.1 Å². The monoisotopic (exact) mass is 544 g/mol. The summed E-state index contributed by atoms with van der Waals surface area (Å²) in [5, 5.41) is 3.28. The predicted octanol–water partition coefficient (Wildman–Crippen LogP) is 5.01. The highest BCUT2D eigenvalue weighted by Crippen LogP contribution is 2.36. The SMILES string of the molecule is CC(C)(C)OC(=O)N1CCN(C2CCC(F)(F)CC2)CC1.Cl.FC1(F)CCC(N2CCNCC2)CC1. The van der Waals surface area contributed by atoms with Crippen LogP contribution >= 0.6 is 12.4 Å². The van der Waals surface area contributed by atoms with Crippen molar-refractivity contribution in [2.45, 2.75) is 102 Å². The zero-order valence-electron chi connectivity index (χ0n) is 22.0. The maximum Gasteiger partial charge on any atom is 0.410 e. The van der Waals surface area contributed by atoms with E-state index in [1.54, 1.807) is 4.90 Å². The number of piperazine rings is 2. The van der Waals surface area contributed by atoms with E-state index in [0.717, 1.165) is 39.3 Å². The Balaban J connectivity index is 0.000000265. The molecule has 212 valence electrons. The van der Waals surface area contributed by atoms with Gasteiger partial charge in [-0.05, 0) is 46.5 Å². The Hall–Kier alpha value is -0.840. The third-order valence-corrected chi connectivity index (χ3v) is 7.52. The van der Waals surface area contributed by atoms with Crippen LogP contribution in [0.4, 0.5) is 22.4 Å². The van der Waals surface area contributed by atoms with Crippen LogP contribution in [0.1, 0.15) is 72.1 Å². The quantitative estimate of drug-likeness (QED) is 0.495. The lowest BCUT2D eigenvalue weighted by Crippen LogP contribution is -2.53. The van der Waals surface area contributed by atoms with Crippen molar-refractivity contribution in [2.75, 3.05) is 52.4 Å². The first-order chi connectivity index (χ1) is 16.3. The molecule has 4 aliphatic rings. The molecule has 2 saturated heterocycles. The van der Waals surface area contributed by atoms with Gasteiger partial charge in [0.1, 0.15) is 5.60 Å². The lowest BCUT2D eigenvalue weighted by Gasteiger charge is -2.42. The number of ether oxygens (including phenoxy) is 1. The molecule has 11 heteroatoms. The van der Waals surface area contributed by atoms with E-state index in [1.165, 1.54) is 0 Å². The molecule has 0 radical (unpaired) electrons. The minimum atomic E-state index is -2.48. The Bertz CT molecular complexity index is 661. The highest BCUT2D eigenvalue weighted by atomic mass is 35.5. The van der Waals surface area contributed by atoms with Crippen LogP contribution in [-0.4, -0.2) is 103 Å². The molecular weight excluding hydrogens is 500 g/mol. The highest BCUT2D eigenvalue weighted by molar-refractivity contribution is 5.85. The van der Waals surface area contributed by atoms with Gasteiger partial charge in [0.15, 0.2) is 0 Å². The maximum absolute atomic E-state index is 13.2. The van der Waals surface area contributed by atoms with Crippen LogP contribution in [0.25, 0.3) is 0 Å². The van der Waals surface area contributed by atoms with Crippen molar-refractivity contribution in [1.82, 2.24) is 20.0 Å². The van der Waals surface area contributed by atoms with Gasteiger partial charge in [0.2, 0.25) is 11.8 Å². The van der Waals surface area contributed by atoms with Gasteiger partial charge in [-0.25, -0.2) is 22.4 Å². The van der Waals surface area contributed by atoms with E-state index < -0.39 is 17.4 Å². The summed E-state index contributed by atoms with van der Waals surface area (Å²) in [5.41, 5.74) is -0.483. The Morgan fingerprint density at radius 1 is 0.750 bits per heavy atom. The number of amides is 1. The van der Waals surface area contributed by atoms with Gasteiger partial charge < -0.3 is 15.0 Å². The number of carbonyl (C=O) groups excluding carboxylic acids is 1. The molecule has 2 aliphatic heterocycles. The topological polar surface area (TPSA) is 48.1 Å². The molecule has 4 rings (SSSR count). The van der Waals surface area contributed by atoms with Crippen LogP contribution < -0.4 is 5.32 Å². The van der Waals surface area contributed by atoms with Crippen LogP contribution in [0, 0.1) is 0 Å². The molecule has 2 aliphatic carbocycles. The molecule has 0 unspecified atom stereocenters. The minimum absolute atomic E-state index is 0. The van der Waals surface area contributed by atoms with E-state index >= 15 is 0 Å². The number of rotatable bonds is 2. The second kappa shape index (κ2) is 13.3. The molecule has 1 amide bonds. The summed E-state index contributed by atoms with van der Waals surface area (Å²) in [6.45, 7) is 12.3. The summed E-state index contributed by atoms with van der Waals surface area (Å²) in [5.74, 6) is -4.86. The molecule has 4 fully saturated rings. The van der Waals surface area contributed by atoms with Gasteiger partial charge in [0.05, 0.1) is 0 Å². The van der Waals surface area contributed by atoms with Crippen LogP contribution in [-0.2, 0) is 4.74 Å². The molecule has 0 aromatic carbocycles. The second-order valence-corrected chi connectivity index (χ2v) is 11.5. The van der Waals surface area contributed by atoms with E-state index in [1.807, 2.05) is 20.8 Å². The third-order valence-electron chi connectivity index (χ3n) is 7.52. The molecule has 1 N–H and O–H groups in total. The molecule has 36 heavy (non-hydrogen) atoms. The molecule has 0 spiro atoms. The zero-order chi connectivity index (χ0) is 25.7. The van der Waals surface area contributed by atoms with Crippen molar-refractivity contribution in [3.63, 3.8) is 0 Å². The number of nitrogens with one attached hydrogen (secondary N) is 1. The Morgan fingerprint density at radius 2 is 1.14 bits per heavy atom. The molecule has 2 heterocycles. The van der Waals surface area contributed by atoms with Crippen molar-refractivity contribution < 1.29 is 27.1 Å². The number of carbonyl (C=O) groups is 1. The second-order valence-electron chi connectivity index (χ2n) is 11.5. The number of hydrogen-bond donors (Lipinski definition) is 1. The van der Waals surface area contributed by atoms with Crippen molar-refractivity contribution in [3.8, 4) is 0 Å². The standard InChI is InChI=1S/C15H26F2N2O2.C10H18F2N2.ClH/c1-14(2,3)21-13(20)19-10-8-18(9-11-19)12-4-6-15(16,17)7-5-12;11-10(12)3-1-9(2-4-10)14-7-5-13-6-8-14;/h12H,4-11H2,1-3H3;9,13H,1-8H2;1H. The van der Waals surface area contributed by atoms with Gasteiger partial charge in [-0.2, -0.15) is 0 Å². The molecule has 6 nitrogen and oxygen atoms in total. The van der Waals surface area contributed by atoms with Crippen molar-refractivity contribution >= 4 is 18.5 Å². The third kappa shape index (κ3) is 10.1. The fourth-order valence-corrected chi connectivity index (χ4v) is 5.42. The minimum Gasteiger partial charge on any atom is -0.444 e. The average Bonchev–Trinajstić information content (AvgIpc) is 2.79. The number of nitrogens with zero attached hydrogens (tertiary/aromatic N) is 3. The fraction of sp³-hybridized carbons (Fsp3) is 0.960. The summed E-state index contributed by atoms with van der Waals surface area (Å²) in [7, 11) is 0. The number of alkyl halides is 4. The first-order valence-corrected chi connectivity index (χ1v) is 13.3.